The molecule has 0 aliphatic carbocycles. The standard InChI is InChI=1S/C8H6N2OS.C6H14/c9-8(11)5-2-1-3-6-7(5)10-4-12-6;1-3-5-6-4-2/h1-4H,(H2,9,11);3-6H2,1-2H3. The molecule has 0 aliphatic rings. The molecule has 2 N–H and O–H groups in total. The highest BCUT2D eigenvalue weighted by Gasteiger charge is 2.06. The van der Waals surface area contributed by atoms with Gasteiger partial charge in [0.15, 0.2) is 0 Å². The van der Waals surface area contributed by atoms with Gasteiger partial charge in [0.1, 0.15) is 0 Å². The minimum atomic E-state index is -0.425. The molecule has 1 aromatic heterocycles. The average molecular weight is 264 g/mol. The Morgan fingerprint density at radius 2 is 1.94 bits per heavy atom. The molecular weight excluding hydrogens is 244 g/mol. The lowest BCUT2D eigenvalue weighted by Crippen LogP contribution is -2.11. The molecule has 0 atom stereocenters. The number of thiazole rings is 1. The molecular formula is C14H20N2OS. The predicted octanol–water partition coefficient (Wildman–Crippen LogP) is 3.98. The van der Waals surface area contributed by atoms with E-state index in [0.29, 0.717) is 11.1 Å². The van der Waals surface area contributed by atoms with Gasteiger partial charge >= 0.3 is 0 Å². The van der Waals surface area contributed by atoms with Crippen LogP contribution in [0.4, 0.5) is 0 Å². The maximum atomic E-state index is 10.9. The lowest BCUT2D eigenvalue weighted by atomic mass is 10.2. The quantitative estimate of drug-likeness (QED) is 0.849. The topological polar surface area (TPSA) is 56.0 Å². The van der Waals surface area contributed by atoms with Crippen LogP contribution in [0.2, 0.25) is 0 Å². The Morgan fingerprint density at radius 1 is 1.28 bits per heavy atom. The third-order valence-corrected chi connectivity index (χ3v) is 3.38. The van der Waals surface area contributed by atoms with Gasteiger partial charge in [-0.15, -0.1) is 11.3 Å². The number of aromatic nitrogens is 1. The minimum absolute atomic E-state index is 0.425. The van der Waals surface area contributed by atoms with E-state index >= 15 is 0 Å². The number of rotatable bonds is 4. The predicted molar refractivity (Wildman–Crippen MR) is 78.0 cm³/mol. The summed E-state index contributed by atoms with van der Waals surface area (Å²) in [5, 5.41) is 0. The second-order valence-corrected chi connectivity index (χ2v) is 4.96. The number of carbonyl (C=O) groups excluding carboxylic acids is 1. The van der Waals surface area contributed by atoms with Crippen LogP contribution in [0.1, 0.15) is 49.9 Å². The molecule has 0 fully saturated rings. The summed E-state index contributed by atoms with van der Waals surface area (Å²) in [4.78, 5) is 15.0. The van der Waals surface area contributed by atoms with Gasteiger partial charge in [-0.1, -0.05) is 45.6 Å². The number of unbranched alkanes of at least 4 members (excludes halogenated alkanes) is 3. The van der Waals surface area contributed by atoms with Crippen molar-refractivity contribution in [2.75, 3.05) is 0 Å². The molecule has 3 nitrogen and oxygen atoms in total. The molecule has 0 radical (unpaired) electrons. The number of amides is 1. The van der Waals surface area contributed by atoms with Crippen molar-refractivity contribution in [3.63, 3.8) is 0 Å². The summed E-state index contributed by atoms with van der Waals surface area (Å²) >= 11 is 1.50. The number of nitrogens with zero attached hydrogens (tertiary/aromatic N) is 1. The molecule has 0 saturated heterocycles. The highest BCUT2D eigenvalue weighted by Crippen LogP contribution is 2.20. The average Bonchev–Trinajstić information content (AvgIpc) is 2.84. The Balaban J connectivity index is 0.000000232. The van der Waals surface area contributed by atoms with E-state index in [-0.39, 0.29) is 0 Å². The van der Waals surface area contributed by atoms with Crippen molar-refractivity contribution in [3.05, 3.63) is 29.3 Å². The van der Waals surface area contributed by atoms with Crippen LogP contribution in [0.25, 0.3) is 10.2 Å². The van der Waals surface area contributed by atoms with Gasteiger partial charge < -0.3 is 5.73 Å². The van der Waals surface area contributed by atoms with Gasteiger partial charge in [0.05, 0.1) is 21.3 Å². The van der Waals surface area contributed by atoms with E-state index in [0.717, 1.165) is 4.70 Å². The van der Waals surface area contributed by atoms with Crippen molar-refractivity contribution >= 4 is 27.5 Å². The number of benzene rings is 1. The fourth-order valence-corrected chi connectivity index (χ4v) is 2.29. The van der Waals surface area contributed by atoms with Crippen molar-refractivity contribution in [3.8, 4) is 0 Å². The number of hydrogen-bond acceptors (Lipinski definition) is 3. The molecule has 2 rings (SSSR count). The maximum absolute atomic E-state index is 10.9. The summed E-state index contributed by atoms with van der Waals surface area (Å²) in [6.07, 6.45) is 5.54. The third kappa shape index (κ3) is 4.11. The molecule has 0 aliphatic heterocycles. The summed E-state index contributed by atoms with van der Waals surface area (Å²) in [6, 6.07) is 5.41. The van der Waals surface area contributed by atoms with Crippen LogP contribution in [-0.4, -0.2) is 10.9 Å². The number of fused-ring (bicyclic) bond motifs is 1. The summed E-state index contributed by atoms with van der Waals surface area (Å²) in [5.41, 5.74) is 8.07. The van der Waals surface area contributed by atoms with Crippen LogP contribution >= 0.6 is 11.3 Å². The lowest BCUT2D eigenvalue weighted by Gasteiger charge is -1.94. The van der Waals surface area contributed by atoms with Crippen LogP contribution in [0.5, 0.6) is 0 Å². The minimum Gasteiger partial charge on any atom is -0.366 e. The fraction of sp³-hybridized carbons (Fsp3) is 0.429. The van der Waals surface area contributed by atoms with Gasteiger partial charge in [-0.05, 0) is 12.1 Å². The highest BCUT2D eigenvalue weighted by atomic mass is 32.1. The number of para-hydroxylation sites is 1. The number of nitrogens with two attached hydrogens (primary N) is 1. The molecule has 0 spiro atoms. The van der Waals surface area contributed by atoms with E-state index in [9.17, 15) is 4.79 Å². The fourth-order valence-electron chi connectivity index (χ4n) is 1.59. The molecule has 98 valence electrons. The maximum Gasteiger partial charge on any atom is 0.250 e. The zero-order chi connectivity index (χ0) is 13.4. The van der Waals surface area contributed by atoms with Crippen LogP contribution in [0.3, 0.4) is 0 Å². The van der Waals surface area contributed by atoms with Crippen LogP contribution in [-0.2, 0) is 0 Å². The van der Waals surface area contributed by atoms with Gasteiger partial charge in [0.2, 0.25) is 0 Å². The SMILES string of the molecule is CCCCCC.NC(=O)c1cccc2scnc12. The van der Waals surface area contributed by atoms with E-state index in [1.54, 1.807) is 17.6 Å². The largest absolute Gasteiger partial charge is 0.366 e. The van der Waals surface area contributed by atoms with E-state index in [1.165, 1.54) is 37.0 Å². The Morgan fingerprint density at radius 3 is 2.50 bits per heavy atom. The van der Waals surface area contributed by atoms with E-state index < -0.39 is 5.91 Å². The van der Waals surface area contributed by atoms with Gasteiger partial charge in [0, 0.05) is 0 Å². The third-order valence-electron chi connectivity index (χ3n) is 2.58. The molecule has 0 unspecified atom stereocenters. The first-order valence-corrected chi connectivity index (χ1v) is 7.20. The molecule has 1 aromatic carbocycles. The Kier molecular flexibility index (Phi) is 6.36. The van der Waals surface area contributed by atoms with Crippen molar-refractivity contribution in [2.24, 2.45) is 5.73 Å². The second kappa shape index (κ2) is 7.82. The van der Waals surface area contributed by atoms with Gasteiger partial charge in [-0.2, -0.15) is 0 Å². The first-order valence-electron chi connectivity index (χ1n) is 6.32. The van der Waals surface area contributed by atoms with Crippen LogP contribution in [0.15, 0.2) is 23.7 Å². The van der Waals surface area contributed by atoms with E-state index in [2.05, 4.69) is 18.8 Å². The van der Waals surface area contributed by atoms with E-state index in [4.69, 9.17) is 5.73 Å². The monoisotopic (exact) mass is 264 g/mol. The first kappa shape index (κ1) is 14.6. The zero-order valence-corrected chi connectivity index (χ0v) is 11.8. The molecule has 0 bridgehead atoms. The van der Waals surface area contributed by atoms with E-state index in [1.807, 2.05) is 6.07 Å². The normalized spacial score (nSPS) is 9.89. The van der Waals surface area contributed by atoms with Gasteiger partial charge in [-0.25, -0.2) is 4.98 Å². The Bertz CT molecular complexity index is 489. The zero-order valence-electron chi connectivity index (χ0n) is 11.0. The van der Waals surface area contributed by atoms with Crippen molar-refractivity contribution in [2.45, 2.75) is 39.5 Å². The smallest absolute Gasteiger partial charge is 0.250 e. The molecule has 1 amide bonds. The first-order chi connectivity index (χ1) is 8.70. The summed E-state index contributed by atoms with van der Waals surface area (Å²) in [6.45, 7) is 4.46. The molecule has 4 heteroatoms. The molecule has 1 heterocycles. The van der Waals surface area contributed by atoms with Crippen LogP contribution < -0.4 is 5.73 Å². The lowest BCUT2D eigenvalue weighted by molar-refractivity contribution is 0.100. The van der Waals surface area contributed by atoms with Gasteiger partial charge in [0.25, 0.3) is 5.91 Å². The summed E-state index contributed by atoms with van der Waals surface area (Å²) in [5.74, 6) is -0.425. The Labute approximate surface area is 112 Å². The highest BCUT2D eigenvalue weighted by molar-refractivity contribution is 7.16. The molecule has 18 heavy (non-hydrogen) atoms. The van der Waals surface area contributed by atoms with Crippen LogP contribution in [0, 0.1) is 0 Å². The molecule has 0 saturated carbocycles. The summed E-state index contributed by atoms with van der Waals surface area (Å²) < 4.78 is 0.992. The van der Waals surface area contributed by atoms with Crippen molar-refractivity contribution < 1.29 is 4.79 Å². The van der Waals surface area contributed by atoms with Crippen molar-refractivity contribution in [1.29, 1.82) is 0 Å². The summed E-state index contributed by atoms with van der Waals surface area (Å²) in [7, 11) is 0. The number of carbonyl (C=O) groups is 1. The second-order valence-electron chi connectivity index (χ2n) is 4.08. The van der Waals surface area contributed by atoms with Crippen molar-refractivity contribution in [1.82, 2.24) is 4.98 Å². The van der Waals surface area contributed by atoms with Gasteiger partial charge in [-0.3, -0.25) is 4.79 Å². The number of primary amides is 1. The molecule has 2 aromatic rings. The Hall–Kier alpha value is -1.42. The number of hydrogen-bond donors (Lipinski definition) is 1.